The summed E-state index contributed by atoms with van der Waals surface area (Å²) in [6.45, 7) is 0.247. The Morgan fingerprint density at radius 3 is 2.52 bits per heavy atom. The topological polar surface area (TPSA) is 33.8 Å². The van der Waals surface area contributed by atoms with E-state index < -0.39 is 0 Å². The highest BCUT2D eigenvalue weighted by molar-refractivity contribution is 8.93. The molecule has 3 nitrogen and oxygen atoms in total. The molecule has 0 aliphatic rings. The number of rotatable bonds is 4. The molecule has 4 aromatic rings. The van der Waals surface area contributed by atoms with Crippen molar-refractivity contribution in [3.05, 3.63) is 95.9 Å². The van der Waals surface area contributed by atoms with Crippen LogP contribution >= 0.6 is 28.6 Å². The van der Waals surface area contributed by atoms with Crippen molar-refractivity contribution >= 4 is 45.1 Å². The van der Waals surface area contributed by atoms with E-state index in [9.17, 15) is 4.79 Å². The number of benzene rings is 3. The molecule has 27 heavy (non-hydrogen) atoms. The summed E-state index contributed by atoms with van der Waals surface area (Å²) < 4.78 is 1.79. The normalized spacial score (nSPS) is 10.4. The van der Waals surface area contributed by atoms with Crippen LogP contribution in [0.5, 0.6) is 0 Å². The van der Waals surface area contributed by atoms with Gasteiger partial charge < -0.3 is 0 Å². The number of carbonyl (C=O) groups excluding carboxylic acids is 1. The van der Waals surface area contributed by atoms with Crippen molar-refractivity contribution in [1.82, 2.24) is 4.98 Å². The van der Waals surface area contributed by atoms with Crippen LogP contribution in [-0.2, 0) is 6.54 Å². The SMILES string of the molecule is Br.O=C(C[n+]1ccc(-c2cccc(Cl)c2)nc1)c1cccc2ccccc12. The van der Waals surface area contributed by atoms with Gasteiger partial charge in [-0.2, -0.15) is 0 Å². The second-order valence-electron chi connectivity index (χ2n) is 6.08. The second kappa shape index (κ2) is 8.42. The lowest BCUT2D eigenvalue weighted by molar-refractivity contribution is -0.686. The summed E-state index contributed by atoms with van der Waals surface area (Å²) in [7, 11) is 0. The first-order chi connectivity index (χ1) is 12.7. The highest BCUT2D eigenvalue weighted by atomic mass is 79.9. The monoisotopic (exact) mass is 439 g/mol. The number of hydrogen-bond acceptors (Lipinski definition) is 2. The lowest BCUT2D eigenvalue weighted by atomic mass is 10.0. The minimum atomic E-state index is 0. The van der Waals surface area contributed by atoms with Gasteiger partial charge in [-0.25, -0.2) is 4.57 Å². The molecule has 0 spiro atoms. The highest BCUT2D eigenvalue weighted by Crippen LogP contribution is 2.20. The quantitative estimate of drug-likeness (QED) is 0.318. The fraction of sp³-hybridized carbons (Fsp3) is 0.0455. The van der Waals surface area contributed by atoms with Crippen molar-refractivity contribution in [2.75, 3.05) is 0 Å². The van der Waals surface area contributed by atoms with Crippen LogP contribution < -0.4 is 4.57 Å². The van der Waals surface area contributed by atoms with E-state index in [-0.39, 0.29) is 29.3 Å². The van der Waals surface area contributed by atoms with Crippen LogP contribution in [0.3, 0.4) is 0 Å². The predicted molar refractivity (Wildman–Crippen MR) is 113 cm³/mol. The third kappa shape index (κ3) is 4.24. The number of hydrogen-bond donors (Lipinski definition) is 0. The van der Waals surface area contributed by atoms with Crippen LogP contribution in [0, 0.1) is 0 Å². The smallest absolute Gasteiger partial charge is 0.287 e. The van der Waals surface area contributed by atoms with Crippen LogP contribution in [0.2, 0.25) is 5.02 Å². The number of fused-ring (bicyclic) bond motifs is 1. The molecule has 0 bridgehead atoms. The molecule has 4 rings (SSSR count). The molecule has 0 atom stereocenters. The van der Waals surface area contributed by atoms with E-state index in [1.165, 1.54) is 0 Å². The number of carbonyl (C=O) groups is 1. The zero-order valence-corrected chi connectivity index (χ0v) is 16.8. The van der Waals surface area contributed by atoms with Gasteiger partial charge >= 0.3 is 0 Å². The molecule has 0 radical (unpaired) electrons. The molecular formula is C22H17BrClN2O+. The van der Waals surface area contributed by atoms with Crippen LogP contribution in [0.25, 0.3) is 22.0 Å². The first-order valence-corrected chi connectivity index (χ1v) is 8.70. The largest absolute Gasteiger partial charge is 0.290 e. The van der Waals surface area contributed by atoms with E-state index >= 15 is 0 Å². The van der Waals surface area contributed by atoms with Gasteiger partial charge in [0.25, 0.3) is 6.33 Å². The minimum Gasteiger partial charge on any atom is -0.290 e. The molecule has 0 aliphatic carbocycles. The fourth-order valence-electron chi connectivity index (χ4n) is 3.02. The van der Waals surface area contributed by atoms with Gasteiger partial charge in [0, 0.05) is 22.2 Å². The molecule has 0 amide bonds. The number of ketones is 1. The summed E-state index contributed by atoms with van der Waals surface area (Å²) in [5.74, 6) is 0.0594. The molecule has 1 aromatic heterocycles. The van der Waals surface area contributed by atoms with Gasteiger partial charge in [-0.3, -0.25) is 4.79 Å². The van der Waals surface area contributed by atoms with Gasteiger partial charge in [0.2, 0.25) is 5.78 Å². The Morgan fingerprint density at radius 1 is 0.963 bits per heavy atom. The van der Waals surface area contributed by atoms with Crippen molar-refractivity contribution in [3.63, 3.8) is 0 Å². The van der Waals surface area contributed by atoms with Gasteiger partial charge in [-0.1, -0.05) is 66.2 Å². The third-order valence-corrected chi connectivity index (χ3v) is 4.54. The van der Waals surface area contributed by atoms with E-state index in [1.807, 2.05) is 79.0 Å². The summed E-state index contributed by atoms with van der Waals surface area (Å²) in [6, 6.07) is 23.2. The van der Waals surface area contributed by atoms with Gasteiger partial charge in [0.1, 0.15) is 0 Å². The molecule has 0 saturated carbocycles. The average molecular weight is 441 g/mol. The van der Waals surface area contributed by atoms with Gasteiger partial charge in [-0.15, -0.1) is 17.0 Å². The van der Waals surface area contributed by atoms with Crippen molar-refractivity contribution in [2.24, 2.45) is 0 Å². The Bertz CT molecular complexity index is 1090. The van der Waals surface area contributed by atoms with E-state index in [0.717, 1.165) is 27.6 Å². The van der Waals surface area contributed by atoms with E-state index in [0.29, 0.717) is 5.02 Å². The number of halogens is 2. The molecular weight excluding hydrogens is 424 g/mol. The lowest BCUT2D eigenvalue weighted by Crippen LogP contribution is -2.37. The molecule has 0 saturated heterocycles. The summed E-state index contributed by atoms with van der Waals surface area (Å²) in [5, 5.41) is 2.72. The van der Waals surface area contributed by atoms with Crippen molar-refractivity contribution < 1.29 is 9.36 Å². The summed E-state index contributed by atoms with van der Waals surface area (Å²) in [5.41, 5.74) is 2.50. The molecule has 0 unspecified atom stereocenters. The second-order valence-corrected chi connectivity index (χ2v) is 6.51. The van der Waals surface area contributed by atoms with Crippen molar-refractivity contribution in [2.45, 2.75) is 6.54 Å². The van der Waals surface area contributed by atoms with Crippen LogP contribution in [-0.4, -0.2) is 10.8 Å². The number of Topliss-reactive ketones (excluding diaryl/α,β-unsaturated/α-hetero) is 1. The average Bonchev–Trinajstić information content (AvgIpc) is 2.68. The standard InChI is InChI=1S/C22H16ClN2O.BrH/c23-18-8-3-7-17(13-18)21-11-12-25(15-24-21)14-22(26)20-10-4-6-16-5-1-2-9-19(16)20;/h1-13,15H,14H2;1H/q+1;. The van der Waals surface area contributed by atoms with Crippen LogP contribution in [0.1, 0.15) is 10.4 Å². The maximum Gasteiger partial charge on any atom is 0.287 e. The lowest BCUT2D eigenvalue weighted by Gasteiger charge is -2.05. The number of aromatic nitrogens is 2. The molecule has 0 fully saturated rings. The van der Waals surface area contributed by atoms with Gasteiger partial charge in [0.15, 0.2) is 12.2 Å². The minimum absolute atomic E-state index is 0. The summed E-state index contributed by atoms with van der Waals surface area (Å²) in [4.78, 5) is 17.2. The third-order valence-electron chi connectivity index (χ3n) is 4.31. The molecule has 1 heterocycles. The molecule has 134 valence electrons. The zero-order valence-electron chi connectivity index (χ0n) is 14.4. The number of nitrogens with zero attached hydrogens (tertiary/aromatic N) is 2. The summed E-state index contributed by atoms with van der Waals surface area (Å²) in [6.07, 6.45) is 3.55. The highest BCUT2D eigenvalue weighted by Gasteiger charge is 2.14. The van der Waals surface area contributed by atoms with Crippen molar-refractivity contribution in [1.29, 1.82) is 0 Å². The molecule has 0 aliphatic heterocycles. The first kappa shape index (κ1) is 19.2. The van der Waals surface area contributed by atoms with Crippen LogP contribution in [0.4, 0.5) is 0 Å². The Labute approximate surface area is 173 Å². The predicted octanol–water partition coefficient (Wildman–Crippen LogP) is 5.30. The zero-order chi connectivity index (χ0) is 17.9. The Balaban J connectivity index is 0.00000210. The van der Waals surface area contributed by atoms with Crippen LogP contribution in [0.15, 0.2) is 85.3 Å². The maximum absolute atomic E-state index is 12.8. The first-order valence-electron chi connectivity index (χ1n) is 8.33. The Morgan fingerprint density at radius 2 is 1.74 bits per heavy atom. The van der Waals surface area contributed by atoms with Crippen molar-refractivity contribution in [3.8, 4) is 11.3 Å². The molecule has 0 N–H and O–H groups in total. The fourth-order valence-corrected chi connectivity index (χ4v) is 3.21. The molecule has 3 aromatic carbocycles. The van der Waals surface area contributed by atoms with Gasteiger partial charge in [-0.05, 0) is 27.9 Å². The Kier molecular flexibility index (Phi) is 5.99. The van der Waals surface area contributed by atoms with Gasteiger partial charge in [0.05, 0.1) is 6.20 Å². The van der Waals surface area contributed by atoms with E-state index in [4.69, 9.17) is 11.6 Å². The molecule has 5 heteroatoms. The summed E-state index contributed by atoms with van der Waals surface area (Å²) >= 11 is 6.03. The maximum atomic E-state index is 12.8. The van der Waals surface area contributed by atoms with E-state index in [1.54, 1.807) is 10.9 Å². The Hall–Kier alpha value is -2.56. The van der Waals surface area contributed by atoms with E-state index in [2.05, 4.69) is 4.98 Å².